The van der Waals surface area contributed by atoms with Crippen molar-refractivity contribution in [2.75, 3.05) is 54.5 Å². The molecule has 4 rings (SSSR count). The number of carbonyl (C=O) groups excluding carboxylic acids is 2. The first-order valence-corrected chi connectivity index (χ1v) is 16.1. The third kappa shape index (κ3) is 11.0. The summed E-state index contributed by atoms with van der Waals surface area (Å²) in [5.74, 6) is 0.977. The molecule has 0 radical (unpaired) electrons. The highest BCUT2D eigenvalue weighted by Crippen LogP contribution is 2.26. The maximum Gasteiger partial charge on any atom is 0.253 e. The smallest absolute Gasteiger partial charge is 0.253 e. The van der Waals surface area contributed by atoms with E-state index in [9.17, 15) is 9.59 Å². The molecule has 0 aliphatic carbocycles. The van der Waals surface area contributed by atoms with Crippen molar-refractivity contribution in [3.8, 4) is 22.3 Å². The van der Waals surface area contributed by atoms with Gasteiger partial charge >= 0.3 is 0 Å². The van der Waals surface area contributed by atoms with Crippen LogP contribution in [0.4, 0.5) is 0 Å². The molecule has 244 valence electrons. The van der Waals surface area contributed by atoms with E-state index in [0.29, 0.717) is 30.6 Å². The fourth-order valence-electron chi connectivity index (χ4n) is 4.87. The van der Waals surface area contributed by atoms with Crippen LogP contribution in [0.25, 0.3) is 22.3 Å². The lowest BCUT2D eigenvalue weighted by molar-refractivity contribution is 0.0786. The minimum atomic E-state index is -0.0704. The molecule has 1 N–H and O–H groups in total. The van der Waals surface area contributed by atoms with Crippen LogP contribution in [0.5, 0.6) is 0 Å². The van der Waals surface area contributed by atoms with Crippen molar-refractivity contribution in [1.82, 2.24) is 15.1 Å². The van der Waals surface area contributed by atoms with E-state index in [1.54, 1.807) is 12.0 Å². The summed E-state index contributed by atoms with van der Waals surface area (Å²) in [5.41, 5.74) is 8.46. The fraction of sp³-hybridized carbons (Fsp3) is 0.350. The van der Waals surface area contributed by atoms with Gasteiger partial charge in [-0.25, -0.2) is 0 Å². The van der Waals surface area contributed by atoms with Gasteiger partial charge in [0, 0.05) is 44.9 Å². The molecule has 0 aliphatic rings. The predicted molar refractivity (Wildman–Crippen MR) is 192 cm³/mol. The zero-order valence-electron chi connectivity index (χ0n) is 28.8. The highest BCUT2D eigenvalue weighted by atomic mass is 16.5. The zero-order valence-corrected chi connectivity index (χ0v) is 28.8. The number of likely N-dealkylation sites (N-methyl/N-ethyl adjacent to an activating group) is 2. The maximum atomic E-state index is 12.6. The van der Waals surface area contributed by atoms with Crippen LogP contribution in [0, 0.1) is 0 Å². The summed E-state index contributed by atoms with van der Waals surface area (Å²) in [6.45, 7) is 11.4. The summed E-state index contributed by atoms with van der Waals surface area (Å²) in [6, 6.07) is 32.6. The Bertz CT molecular complexity index is 1560. The van der Waals surface area contributed by atoms with Gasteiger partial charge in [-0.15, -0.1) is 0 Å². The van der Waals surface area contributed by atoms with Gasteiger partial charge in [-0.3, -0.25) is 9.59 Å². The number of amides is 2. The SMILES string of the molecule is CC(C)c1cccc(-c2cccc(C(=O)N(C)CCN(C)C)c2)c1.COCCNC(=O)c1cccc(-c2cccc(C(C)C)c2)c1. The molecule has 46 heavy (non-hydrogen) atoms. The van der Waals surface area contributed by atoms with Gasteiger partial charge < -0.3 is 19.9 Å². The first-order valence-electron chi connectivity index (χ1n) is 16.1. The molecule has 0 aliphatic heterocycles. The molecular formula is C40H51N3O3. The van der Waals surface area contributed by atoms with Crippen LogP contribution in [0.2, 0.25) is 0 Å². The van der Waals surface area contributed by atoms with Gasteiger partial charge in [0.2, 0.25) is 0 Å². The maximum absolute atomic E-state index is 12.6. The second-order valence-electron chi connectivity index (χ2n) is 12.5. The summed E-state index contributed by atoms with van der Waals surface area (Å²) < 4.78 is 4.94. The van der Waals surface area contributed by atoms with E-state index in [0.717, 1.165) is 40.9 Å². The molecule has 2 amide bonds. The van der Waals surface area contributed by atoms with Gasteiger partial charge in [0.15, 0.2) is 0 Å². The highest BCUT2D eigenvalue weighted by molar-refractivity contribution is 5.96. The number of hydrogen-bond acceptors (Lipinski definition) is 4. The van der Waals surface area contributed by atoms with Crippen LogP contribution in [-0.4, -0.2) is 76.1 Å². The molecule has 0 heterocycles. The molecular weight excluding hydrogens is 570 g/mol. The molecule has 0 atom stereocenters. The topological polar surface area (TPSA) is 61.9 Å². The molecule has 4 aromatic rings. The van der Waals surface area contributed by atoms with E-state index in [1.807, 2.05) is 63.6 Å². The molecule has 0 aromatic heterocycles. The molecule has 0 unspecified atom stereocenters. The molecule has 0 fully saturated rings. The number of ether oxygens (including phenoxy) is 1. The molecule has 0 spiro atoms. The number of rotatable bonds is 12. The van der Waals surface area contributed by atoms with E-state index >= 15 is 0 Å². The summed E-state index contributed by atoms with van der Waals surface area (Å²) in [6.07, 6.45) is 0. The minimum Gasteiger partial charge on any atom is -0.383 e. The predicted octanol–water partition coefficient (Wildman–Crippen LogP) is 7.96. The van der Waals surface area contributed by atoms with Gasteiger partial charge in [0.05, 0.1) is 6.61 Å². The monoisotopic (exact) mass is 621 g/mol. The average Bonchev–Trinajstić information content (AvgIpc) is 3.07. The minimum absolute atomic E-state index is 0.0683. The largest absolute Gasteiger partial charge is 0.383 e. The van der Waals surface area contributed by atoms with Crippen molar-refractivity contribution >= 4 is 11.8 Å². The lowest BCUT2D eigenvalue weighted by Gasteiger charge is -2.20. The number of carbonyl (C=O) groups is 2. The molecule has 4 aromatic carbocycles. The van der Waals surface area contributed by atoms with E-state index in [1.165, 1.54) is 11.1 Å². The fourth-order valence-corrected chi connectivity index (χ4v) is 4.87. The Hall–Kier alpha value is -4.26. The third-order valence-electron chi connectivity index (χ3n) is 7.83. The summed E-state index contributed by atoms with van der Waals surface area (Å²) in [4.78, 5) is 28.6. The third-order valence-corrected chi connectivity index (χ3v) is 7.83. The molecule has 0 saturated carbocycles. The quantitative estimate of drug-likeness (QED) is 0.163. The normalized spacial score (nSPS) is 10.9. The van der Waals surface area contributed by atoms with Crippen LogP contribution in [0.1, 0.15) is 71.4 Å². The van der Waals surface area contributed by atoms with Crippen molar-refractivity contribution in [2.24, 2.45) is 0 Å². The van der Waals surface area contributed by atoms with Crippen LogP contribution >= 0.6 is 0 Å². The van der Waals surface area contributed by atoms with Gasteiger partial charge in [-0.05, 0) is 83.6 Å². The lowest BCUT2D eigenvalue weighted by atomic mass is 9.96. The summed E-state index contributed by atoms with van der Waals surface area (Å²) in [7, 11) is 7.51. The van der Waals surface area contributed by atoms with Crippen molar-refractivity contribution in [1.29, 1.82) is 0 Å². The van der Waals surface area contributed by atoms with Gasteiger partial charge in [0.1, 0.15) is 0 Å². The number of hydrogen-bond donors (Lipinski definition) is 1. The highest BCUT2D eigenvalue weighted by Gasteiger charge is 2.13. The molecule has 6 heteroatoms. The Kier molecular flexibility index (Phi) is 14.2. The second kappa shape index (κ2) is 18.0. The van der Waals surface area contributed by atoms with Crippen molar-refractivity contribution < 1.29 is 14.3 Å². The zero-order chi connectivity index (χ0) is 33.6. The number of benzene rings is 4. The van der Waals surface area contributed by atoms with Gasteiger partial charge in [-0.1, -0.05) is 100 Å². The molecule has 0 bridgehead atoms. The van der Waals surface area contributed by atoms with Crippen molar-refractivity contribution in [3.63, 3.8) is 0 Å². The van der Waals surface area contributed by atoms with Crippen LogP contribution in [-0.2, 0) is 4.74 Å². The van der Waals surface area contributed by atoms with Crippen LogP contribution < -0.4 is 5.32 Å². The standard InChI is InChI=1S/C21H28N2O.C19H23NO2/c1-16(2)17-8-6-9-18(14-17)19-10-7-11-20(15-19)21(24)23(5)13-12-22(3)4;1-14(2)15-6-4-7-16(12-15)17-8-5-9-18(13-17)19(21)20-10-11-22-3/h6-11,14-16H,12-13H2,1-5H3;4-9,12-14H,10-11H2,1-3H3,(H,20,21). The van der Waals surface area contributed by atoms with Gasteiger partial charge in [-0.2, -0.15) is 0 Å². The number of methoxy groups -OCH3 is 1. The first kappa shape index (κ1) is 36.2. The van der Waals surface area contributed by atoms with Crippen molar-refractivity contribution in [3.05, 3.63) is 119 Å². The van der Waals surface area contributed by atoms with E-state index < -0.39 is 0 Å². The number of nitrogens with zero attached hydrogens (tertiary/aromatic N) is 2. The second-order valence-corrected chi connectivity index (χ2v) is 12.5. The average molecular weight is 622 g/mol. The first-order chi connectivity index (χ1) is 22.0. The van der Waals surface area contributed by atoms with Gasteiger partial charge in [0.25, 0.3) is 11.8 Å². The van der Waals surface area contributed by atoms with E-state index in [4.69, 9.17) is 4.74 Å². The van der Waals surface area contributed by atoms with E-state index in [2.05, 4.69) is 92.5 Å². The lowest BCUT2D eigenvalue weighted by Crippen LogP contribution is -2.33. The Labute approximate surface area is 276 Å². The molecule has 6 nitrogen and oxygen atoms in total. The van der Waals surface area contributed by atoms with Crippen LogP contribution in [0.15, 0.2) is 97.1 Å². The summed E-state index contributed by atoms with van der Waals surface area (Å²) >= 11 is 0. The van der Waals surface area contributed by atoms with Crippen LogP contribution in [0.3, 0.4) is 0 Å². The Morgan fingerprint density at radius 1 is 0.652 bits per heavy atom. The summed E-state index contributed by atoms with van der Waals surface area (Å²) in [5, 5.41) is 2.84. The Morgan fingerprint density at radius 3 is 1.59 bits per heavy atom. The van der Waals surface area contributed by atoms with Crippen molar-refractivity contribution in [2.45, 2.75) is 39.5 Å². The molecule has 0 saturated heterocycles. The Morgan fingerprint density at radius 2 is 1.11 bits per heavy atom. The van der Waals surface area contributed by atoms with E-state index in [-0.39, 0.29) is 11.8 Å². The number of nitrogens with one attached hydrogen (secondary N) is 1. The Balaban J connectivity index is 0.000000251.